The van der Waals surface area contributed by atoms with Gasteiger partial charge in [0.1, 0.15) is 5.82 Å². The van der Waals surface area contributed by atoms with Gasteiger partial charge in [-0.3, -0.25) is 0 Å². The molecule has 1 unspecified atom stereocenters. The standard InChI is InChI=1S/C11H10Br2FN3/c1-7(12)11-6-17(16-15-11)5-8-4-9(13)2-3-10(8)14/h2-4,6-7H,5H2,1H3. The van der Waals surface area contributed by atoms with Gasteiger partial charge in [-0.05, 0) is 25.1 Å². The molecule has 0 bridgehead atoms. The van der Waals surface area contributed by atoms with Gasteiger partial charge in [-0.25, -0.2) is 9.07 Å². The Morgan fingerprint density at radius 2 is 2.24 bits per heavy atom. The van der Waals surface area contributed by atoms with Crippen LogP contribution in [0.3, 0.4) is 0 Å². The summed E-state index contributed by atoms with van der Waals surface area (Å²) < 4.78 is 16.0. The van der Waals surface area contributed by atoms with Crippen molar-refractivity contribution in [1.82, 2.24) is 15.0 Å². The van der Waals surface area contributed by atoms with Gasteiger partial charge < -0.3 is 0 Å². The molecule has 1 heterocycles. The molecule has 0 fully saturated rings. The monoisotopic (exact) mass is 361 g/mol. The molecular weight excluding hydrogens is 353 g/mol. The molecule has 0 N–H and O–H groups in total. The molecule has 1 aromatic carbocycles. The molecule has 90 valence electrons. The highest BCUT2D eigenvalue weighted by molar-refractivity contribution is 9.10. The Hall–Kier alpha value is -0.750. The van der Waals surface area contributed by atoms with Crippen molar-refractivity contribution in [2.45, 2.75) is 18.3 Å². The lowest BCUT2D eigenvalue weighted by molar-refractivity contribution is 0.576. The molecule has 3 nitrogen and oxygen atoms in total. The fourth-order valence-electron chi connectivity index (χ4n) is 1.41. The van der Waals surface area contributed by atoms with Crippen LogP contribution in [0.15, 0.2) is 28.9 Å². The molecule has 0 aliphatic heterocycles. The summed E-state index contributed by atoms with van der Waals surface area (Å²) in [6.45, 7) is 2.34. The molecule has 1 aromatic heterocycles. The Balaban J connectivity index is 2.22. The minimum Gasteiger partial charge on any atom is -0.248 e. The van der Waals surface area contributed by atoms with Crippen molar-refractivity contribution in [2.75, 3.05) is 0 Å². The number of aromatic nitrogens is 3. The molecule has 0 amide bonds. The first kappa shape index (κ1) is 12.7. The molecular formula is C11H10Br2FN3. The van der Waals surface area contributed by atoms with E-state index in [1.54, 1.807) is 23.0 Å². The molecule has 0 aliphatic carbocycles. The highest BCUT2D eigenvalue weighted by Gasteiger charge is 2.08. The Morgan fingerprint density at radius 3 is 2.88 bits per heavy atom. The minimum atomic E-state index is -0.239. The van der Waals surface area contributed by atoms with Crippen LogP contribution in [-0.4, -0.2) is 15.0 Å². The van der Waals surface area contributed by atoms with Crippen molar-refractivity contribution in [1.29, 1.82) is 0 Å². The normalized spacial score (nSPS) is 12.7. The van der Waals surface area contributed by atoms with Gasteiger partial charge in [0.25, 0.3) is 0 Å². The lowest BCUT2D eigenvalue weighted by atomic mass is 10.2. The molecule has 0 saturated heterocycles. The van der Waals surface area contributed by atoms with Gasteiger partial charge in [-0.1, -0.05) is 37.1 Å². The van der Waals surface area contributed by atoms with Crippen LogP contribution in [0.1, 0.15) is 23.0 Å². The van der Waals surface area contributed by atoms with E-state index >= 15 is 0 Å². The third kappa shape index (κ3) is 3.13. The SMILES string of the molecule is CC(Br)c1cn(Cc2cc(Br)ccc2F)nn1. The number of hydrogen-bond donors (Lipinski definition) is 0. The zero-order chi connectivity index (χ0) is 12.4. The van der Waals surface area contributed by atoms with Crippen molar-refractivity contribution in [3.8, 4) is 0 Å². The van der Waals surface area contributed by atoms with Crippen molar-refractivity contribution in [2.24, 2.45) is 0 Å². The van der Waals surface area contributed by atoms with E-state index in [-0.39, 0.29) is 10.6 Å². The summed E-state index contributed by atoms with van der Waals surface area (Å²) in [5.74, 6) is -0.239. The average molecular weight is 363 g/mol. The van der Waals surface area contributed by atoms with E-state index in [1.165, 1.54) is 6.07 Å². The third-order valence-corrected chi connectivity index (χ3v) is 3.27. The van der Waals surface area contributed by atoms with E-state index in [4.69, 9.17) is 0 Å². The number of alkyl halides is 1. The number of halogens is 3. The summed E-state index contributed by atoms with van der Waals surface area (Å²) in [6, 6.07) is 4.85. The molecule has 0 radical (unpaired) electrons. The van der Waals surface area contributed by atoms with E-state index in [9.17, 15) is 4.39 Å². The van der Waals surface area contributed by atoms with Crippen molar-refractivity contribution >= 4 is 31.9 Å². The van der Waals surface area contributed by atoms with E-state index in [2.05, 4.69) is 42.2 Å². The zero-order valence-corrected chi connectivity index (χ0v) is 12.2. The van der Waals surface area contributed by atoms with Gasteiger partial charge in [-0.15, -0.1) is 5.10 Å². The smallest absolute Gasteiger partial charge is 0.128 e. The summed E-state index contributed by atoms with van der Waals surface area (Å²) >= 11 is 6.73. The molecule has 2 aromatic rings. The van der Waals surface area contributed by atoms with Crippen molar-refractivity contribution in [3.05, 3.63) is 45.9 Å². The van der Waals surface area contributed by atoms with Crippen LogP contribution in [-0.2, 0) is 6.54 Å². The highest BCUT2D eigenvalue weighted by atomic mass is 79.9. The maximum Gasteiger partial charge on any atom is 0.128 e. The fraction of sp³-hybridized carbons (Fsp3) is 0.273. The topological polar surface area (TPSA) is 30.7 Å². The molecule has 1 atom stereocenters. The summed E-state index contributed by atoms with van der Waals surface area (Å²) in [5, 5.41) is 7.95. The molecule has 0 saturated carbocycles. The van der Waals surface area contributed by atoms with Gasteiger partial charge in [0.15, 0.2) is 0 Å². The second-order valence-corrected chi connectivity index (χ2v) is 5.98. The van der Waals surface area contributed by atoms with Gasteiger partial charge in [-0.2, -0.15) is 0 Å². The number of hydrogen-bond acceptors (Lipinski definition) is 2. The first-order chi connectivity index (χ1) is 8.06. The van der Waals surface area contributed by atoms with Crippen LogP contribution in [0, 0.1) is 5.82 Å². The van der Waals surface area contributed by atoms with Crippen LogP contribution >= 0.6 is 31.9 Å². The number of benzene rings is 1. The lowest BCUT2D eigenvalue weighted by Gasteiger charge is -2.03. The molecule has 0 spiro atoms. The van der Waals surface area contributed by atoms with E-state index in [1.807, 2.05) is 6.92 Å². The Labute approximate surface area is 115 Å². The van der Waals surface area contributed by atoms with E-state index < -0.39 is 0 Å². The van der Waals surface area contributed by atoms with Crippen molar-refractivity contribution < 1.29 is 4.39 Å². The van der Waals surface area contributed by atoms with Crippen LogP contribution in [0.4, 0.5) is 4.39 Å². The second kappa shape index (κ2) is 5.27. The summed E-state index contributed by atoms with van der Waals surface area (Å²) in [4.78, 5) is 0.142. The Bertz CT molecular complexity index is 525. The summed E-state index contributed by atoms with van der Waals surface area (Å²) in [7, 11) is 0. The van der Waals surface area contributed by atoms with Crippen LogP contribution in [0.25, 0.3) is 0 Å². The maximum absolute atomic E-state index is 13.5. The quantitative estimate of drug-likeness (QED) is 0.779. The Kier molecular flexibility index (Phi) is 3.93. The van der Waals surface area contributed by atoms with Gasteiger partial charge in [0, 0.05) is 16.2 Å². The van der Waals surface area contributed by atoms with Gasteiger partial charge in [0.2, 0.25) is 0 Å². The number of rotatable bonds is 3. The summed E-state index contributed by atoms with van der Waals surface area (Å²) in [6.07, 6.45) is 1.81. The fourth-order valence-corrected chi connectivity index (χ4v) is 2.03. The first-order valence-electron chi connectivity index (χ1n) is 5.04. The zero-order valence-electron chi connectivity index (χ0n) is 9.07. The molecule has 6 heteroatoms. The first-order valence-corrected chi connectivity index (χ1v) is 6.75. The summed E-state index contributed by atoms with van der Waals surface area (Å²) in [5.41, 5.74) is 1.42. The van der Waals surface area contributed by atoms with Crippen LogP contribution in [0.5, 0.6) is 0 Å². The molecule has 17 heavy (non-hydrogen) atoms. The lowest BCUT2D eigenvalue weighted by Crippen LogP contribution is -2.02. The molecule has 2 rings (SSSR count). The average Bonchev–Trinajstić information content (AvgIpc) is 2.72. The van der Waals surface area contributed by atoms with E-state index in [0.29, 0.717) is 12.1 Å². The van der Waals surface area contributed by atoms with Gasteiger partial charge in [0.05, 0.1) is 17.1 Å². The highest BCUT2D eigenvalue weighted by Crippen LogP contribution is 2.20. The predicted molar refractivity (Wildman–Crippen MR) is 70.6 cm³/mol. The van der Waals surface area contributed by atoms with E-state index in [0.717, 1.165) is 10.2 Å². The largest absolute Gasteiger partial charge is 0.248 e. The minimum absolute atomic E-state index is 0.142. The maximum atomic E-state index is 13.5. The molecule has 0 aliphatic rings. The predicted octanol–water partition coefficient (Wildman–Crippen LogP) is 3.68. The number of nitrogens with zero attached hydrogens (tertiary/aromatic N) is 3. The second-order valence-electron chi connectivity index (χ2n) is 3.69. The van der Waals surface area contributed by atoms with Crippen LogP contribution < -0.4 is 0 Å². The van der Waals surface area contributed by atoms with Crippen LogP contribution in [0.2, 0.25) is 0 Å². The Morgan fingerprint density at radius 1 is 1.47 bits per heavy atom. The third-order valence-electron chi connectivity index (χ3n) is 2.30. The van der Waals surface area contributed by atoms with Crippen molar-refractivity contribution in [3.63, 3.8) is 0 Å². The van der Waals surface area contributed by atoms with Gasteiger partial charge >= 0.3 is 0 Å².